The molecule has 0 aliphatic carbocycles. The molecule has 10 nitrogen and oxygen atoms in total. The van der Waals surface area contributed by atoms with E-state index in [-0.39, 0.29) is 22.5 Å². The Hall–Kier alpha value is -4.21. The van der Waals surface area contributed by atoms with Gasteiger partial charge in [0.25, 0.3) is 0 Å². The quantitative estimate of drug-likeness (QED) is 0.434. The number of nitrogens with zero attached hydrogens (tertiary/aromatic N) is 1. The van der Waals surface area contributed by atoms with E-state index >= 15 is 0 Å². The first kappa shape index (κ1) is 22.1. The van der Waals surface area contributed by atoms with Gasteiger partial charge in [-0.05, 0) is 42.5 Å². The first-order chi connectivity index (χ1) is 14.2. The van der Waals surface area contributed by atoms with Gasteiger partial charge in [-0.25, -0.2) is 14.5 Å². The van der Waals surface area contributed by atoms with Gasteiger partial charge >= 0.3 is 23.8 Å². The van der Waals surface area contributed by atoms with E-state index in [0.29, 0.717) is 10.6 Å². The third-order valence-electron chi connectivity index (χ3n) is 3.96. The highest BCUT2D eigenvalue weighted by Gasteiger charge is 2.28. The number of nitrogens with two attached hydrogens (primary N) is 1. The molecular weight excluding hydrogens is 394 g/mol. The van der Waals surface area contributed by atoms with Gasteiger partial charge in [-0.3, -0.25) is 14.4 Å². The van der Waals surface area contributed by atoms with E-state index in [4.69, 9.17) is 5.73 Å². The molecule has 0 saturated carbocycles. The average Bonchev–Trinajstić information content (AvgIpc) is 2.73. The van der Waals surface area contributed by atoms with Gasteiger partial charge in [0, 0.05) is 12.6 Å². The van der Waals surface area contributed by atoms with Crippen LogP contribution in [0, 0.1) is 0 Å². The van der Waals surface area contributed by atoms with Gasteiger partial charge in [0.2, 0.25) is 5.91 Å². The second-order valence-corrected chi connectivity index (χ2v) is 5.95. The van der Waals surface area contributed by atoms with Crippen LogP contribution in [0.4, 0.5) is 17.1 Å². The smallest absolute Gasteiger partial charge is 0.339 e. The van der Waals surface area contributed by atoms with E-state index in [0.717, 1.165) is 27.2 Å². The molecule has 3 amide bonds. The SMILES string of the molecule is COC(=O)c1ccc(C(=O)OC)c(NC(=O)C(=O)N(C(C)=O)c2ccc(N)cc2)c1. The number of carbonyl (C=O) groups excluding carboxylic acids is 5. The molecule has 0 saturated heterocycles. The Morgan fingerprint density at radius 1 is 0.900 bits per heavy atom. The summed E-state index contributed by atoms with van der Waals surface area (Å²) < 4.78 is 9.25. The Kier molecular flexibility index (Phi) is 6.86. The van der Waals surface area contributed by atoms with Crippen LogP contribution in [-0.4, -0.2) is 43.9 Å². The molecule has 0 aliphatic heterocycles. The second-order valence-electron chi connectivity index (χ2n) is 5.95. The number of methoxy groups -OCH3 is 2. The van der Waals surface area contributed by atoms with E-state index in [1.54, 1.807) is 0 Å². The number of imide groups is 1. The fourth-order valence-electron chi connectivity index (χ4n) is 2.52. The fourth-order valence-corrected chi connectivity index (χ4v) is 2.52. The summed E-state index contributed by atoms with van der Waals surface area (Å²) in [4.78, 5) is 61.6. The third-order valence-corrected chi connectivity index (χ3v) is 3.96. The van der Waals surface area contributed by atoms with E-state index in [9.17, 15) is 24.0 Å². The number of carbonyl (C=O) groups is 5. The second kappa shape index (κ2) is 9.32. The standard InChI is InChI=1S/C20H19N3O7/c1-11(24)23(14-7-5-13(21)6-8-14)18(26)17(25)22-16-10-12(19(27)29-2)4-9-15(16)20(28)30-3/h4-10H,21H2,1-3H3,(H,22,25). The maximum atomic E-state index is 12.7. The zero-order chi connectivity index (χ0) is 22.4. The first-order valence-electron chi connectivity index (χ1n) is 8.51. The van der Waals surface area contributed by atoms with Crippen LogP contribution in [0.5, 0.6) is 0 Å². The van der Waals surface area contributed by atoms with Crippen molar-refractivity contribution >= 4 is 46.7 Å². The van der Waals surface area contributed by atoms with Crippen LogP contribution in [-0.2, 0) is 23.9 Å². The summed E-state index contributed by atoms with van der Waals surface area (Å²) in [6, 6.07) is 9.42. The molecule has 156 valence electrons. The number of anilines is 3. The van der Waals surface area contributed by atoms with Crippen LogP contribution in [0.3, 0.4) is 0 Å². The molecular formula is C20H19N3O7. The predicted octanol–water partition coefficient (Wildman–Crippen LogP) is 1.36. The Morgan fingerprint density at radius 2 is 1.50 bits per heavy atom. The molecule has 30 heavy (non-hydrogen) atoms. The van der Waals surface area contributed by atoms with E-state index < -0.39 is 29.7 Å². The molecule has 0 aliphatic rings. The molecule has 2 aromatic carbocycles. The normalized spacial score (nSPS) is 9.97. The highest BCUT2D eigenvalue weighted by molar-refractivity contribution is 6.48. The van der Waals surface area contributed by atoms with Crippen LogP contribution < -0.4 is 16.0 Å². The minimum absolute atomic E-state index is 0.0230. The number of nitrogen functional groups attached to an aromatic ring is 1. The number of rotatable bonds is 4. The molecule has 0 spiro atoms. The molecule has 0 fully saturated rings. The number of hydrogen-bond acceptors (Lipinski definition) is 8. The molecule has 0 heterocycles. The number of ether oxygens (including phenoxy) is 2. The number of nitrogens with one attached hydrogen (secondary N) is 1. The summed E-state index contributed by atoms with van der Waals surface area (Å²) in [7, 11) is 2.29. The minimum atomic E-state index is -1.21. The lowest BCUT2D eigenvalue weighted by Crippen LogP contribution is -2.43. The van der Waals surface area contributed by atoms with Crippen molar-refractivity contribution in [1.29, 1.82) is 0 Å². The zero-order valence-corrected chi connectivity index (χ0v) is 16.4. The van der Waals surface area contributed by atoms with Crippen molar-refractivity contribution in [1.82, 2.24) is 0 Å². The third kappa shape index (κ3) is 4.79. The van der Waals surface area contributed by atoms with Crippen LogP contribution in [0.1, 0.15) is 27.6 Å². The Morgan fingerprint density at radius 3 is 2.03 bits per heavy atom. The number of amides is 3. The zero-order valence-electron chi connectivity index (χ0n) is 16.4. The van der Waals surface area contributed by atoms with Crippen LogP contribution in [0.2, 0.25) is 0 Å². The van der Waals surface area contributed by atoms with Gasteiger partial charge < -0.3 is 20.5 Å². The lowest BCUT2D eigenvalue weighted by Gasteiger charge is -2.19. The van der Waals surface area contributed by atoms with Crippen LogP contribution >= 0.6 is 0 Å². The van der Waals surface area contributed by atoms with E-state index in [2.05, 4.69) is 14.8 Å². The summed E-state index contributed by atoms with van der Waals surface area (Å²) in [5.41, 5.74) is 5.89. The number of hydrogen-bond donors (Lipinski definition) is 2. The van der Waals surface area contributed by atoms with Gasteiger partial charge in [0.05, 0.1) is 36.7 Å². The molecule has 10 heteroatoms. The Bertz CT molecular complexity index is 1020. The largest absolute Gasteiger partial charge is 0.465 e. The first-order valence-corrected chi connectivity index (χ1v) is 8.51. The highest BCUT2D eigenvalue weighted by atomic mass is 16.5. The van der Waals surface area contributed by atoms with Crippen molar-refractivity contribution in [2.45, 2.75) is 6.92 Å². The van der Waals surface area contributed by atoms with E-state index in [1.807, 2.05) is 0 Å². The Balaban J connectivity index is 2.39. The summed E-state index contributed by atoms with van der Waals surface area (Å²) in [6.07, 6.45) is 0. The lowest BCUT2D eigenvalue weighted by atomic mass is 10.1. The summed E-state index contributed by atoms with van der Waals surface area (Å²) in [6.45, 7) is 1.11. The number of benzene rings is 2. The van der Waals surface area contributed by atoms with Gasteiger partial charge in [-0.2, -0.15) is 0 Å². The van der Waals surface area contributed by atoms with Crippen molar-refractivity contribution in [2.75, 3.05) is 30.2 Å². The lowest BCUT2D eigenvalue weighted by molar-refractivity contribution is -0.136. The van der Waals surface area contributed by atoms with Crippen molar-refractivity contribution in [3.63, 3.8) is 0 Å². The van der Waals surface area contributed by atoms with Gasteiger partial charge in [0.1, 0.15) is 0 Å². The maximum absolute atomic E-state index is 12.7. The monoisotopic (exact) mass is 413 g/mol. The van der Waals surface area contributed by atoms with Gasteiger partial charge in [0.15, 0.2) is 0 Å². The van der Waals surface area contributed by atoms with Crippen molar-refractivity contribution in [3.05, 3.63) is 53.6 Å². The molecule has 0 radical (unpaired) electrons. The highest BCUT2D eigenvalue weighted by Crippen LogP contribution is 2.21. The molecule has 2 aromatic rings. The van der Waals surface area contributed by atoms with Crippen molar-refractivity contribution < 1.29 is 33.4 Å². The molecule has 3 N–H and O–H groups in total. The molecule has 2 rings (SSSR count). The number of esters is 2. The van der Waals surface area contributed by atoms with Gasteiger partial charge in [-0.1, -0.05) is 0 Å². The Labute approximate surface area is 171 Å². The van der Waals surface area contributed by atoms with Crippen LogP contribution in [0.25, 0.3) is 0 Å². The van der Waals surface area contributed by atoms with Crippen molar-refractivity contribution in [3.8, 4) is 0 Å². The van der Waals surface area contributed by atoms with E-state index in [1.165, 1.54) is 36.4 Å². The maximum Gasteiger partial charge on any atom is 0.339 e. The van der Waals surface area contributed by atoms with Gasteiger partial charge in [-0.15, -0.1) is 0 Å². The molecule has 0 aromatic heterocycles. The minimum Gasteiger partial charge on any atom is -0.465 e. The molecule has 0 atom stereocenters. The molecule has 0 bridgehead atoms. The topological polar surface area (TPSA) is 145 Å². The average molecular weight is 413 g/mol. The summed E-state index contributed by atoms with van der Waals surface area (Å²) >= 11 is 0. The summed E-state index contributed by atoms with van der Waals surface area (Å²) in [5, 5.41) is 2.25. The van der Waals surface area contributed by atoms with Crippen LogP contribution in [0.15, 0.2) is 42.5 Å². The molecule has 0 unspecified atom stereocenters. The summed E-state index contributed by atoms with van der Waals surface area (Å²) in [5.74, 6) is -4.66. The van der Waals surface area contributed by atoms with Crippen molar-refractivity contribution in [2.24, 2.45) is 0 Å². The predicted molar refractivity (Wildman–Crippen MR) is 107 cm³/mol. The fraction of sp³-hybridized carbons (Fsp3) is 0.150.